The van der Waals surface area contributed by atoms with Gasteiger partial charge in [-0.1, -0.05) is 11.8 Å². The SMILES string of the molecule is COC(=O)c1ccc(C(=O)OC)c(NC(=O)CC2CSc3nc4c(cnn4C(C)(C)C)c(=O)n32)c1. The van der Waals surface area contributed by atoms with Crippen LogP contribution in [0.4, 0.5) is 5.69 Å². The second-order valence-corrected chi connectivity index (χ2v) is 9.98. The number of fused-ring (bicyclic) bond motifs is 2. The van der Waals surface area contributed by atoms with E-state index < -0.39 is 23.9 Å². The highest BCUT2D eigenvalue weighted by atomic mass is 32.2. The predicted octanol–water partition coefficient (Wildman–Crippen LogP) is 2.60. The number of benzene rings is 1. The summed E-state index contributed by atoms with van der Waals surface area (Å²) < 4.78 is 12.7. The molecule has 0 aliphatic carbocycles. The normalized spacial score (nSPS) is 15.1. The summed E-state index contributed by atoms with van der Waals surface area (Å²) in [5.41, 5.74) is 0.266. The largest absolute Gasteiger partial charge is 0.465 e. The van der Waals surface area contributed by atoms with Crippen LogP contribution in [0, 0.1) is 0 Å². The minimum atomic E-state index is -0.669. The van der Waals surface area contributed by atoms with Crippen LogP contribution in [0.3, 0.4) is 0 Å². The molecule has 0 bridgehead atoms. The average Bonchev–Trinajstić information content (AvgIpc) is 3.42. The van der Waals surface area contributed by atoms with Gasteiger partial charge in [0, 0.05) is 12.2 Å². The van der Waals surface area contributed by atoms with Crippen molar-refractivity contribution in [1.82, 2.24) is 19.3 Å². The molecule has 0 spiro atoms. The maximum Gasteiger partial charge on any atom is 0.339 e. The molecule has 1 amide bonds. The van der Waals surface area contributed by atoms with Crippen molar-refractivity contribution in [3.63, 3.8) is 0 Å². The van der Waals surface area contributed by atoms with Crippen LogP contribution in [0.15, 0.2) is 34.3 Å². The smallest absolute Gasteiger partial charge is 0.339 e. The molecule has 3 heterocycles. The number of carbonyl (C=O) groups excluding carboxylic acids is 3. The third-order valence-corrected chi connectivity index (χ3v) is 6.64. The lowest BCUT2D eigenvalue weighted by Crippen LogP contribution is -2.29. The van der Waals surface area contributed by atoms with Crippen LogP contribution in [-0.2, 0) is 19.8 Å². The second kappa shape index (κ2) is 9.17. The number of nitrogens with one attached hydrogen (secondary N) is 1. The monoisotopic (exact) mass is 499 g/mol. The molecule has 184 valence electrons. The molecule has 12 heteroatoms. The van der Waals surface area contributed by atoms with Crippen LogP contribution in [-0.4, -0.2) is 57.1 Å². The fraction of sp³-hybridized carbons (Fsp3) is 0.391. The molecular formula is C23H25N5O6S. The van der Waals surface area contributed by atoms with E-state index in [2.05, 4.69) is 15.4 Å². The van der Waals surface area contributed by atoms with E-state index in [1.165, 1.54) is 54.9 Å². The van der Waals surface area contributed by atoms with Gasteiger partial charge in [-0.3, -0.25) is 14.2 Å². The predicted molar refractivity (Wildman–Crippen MR) is 129 cm³/mol. The van der Waals surface area contributed by atoms with Crippen LogP contribution in [0.25, 0.3) is 11.0 Å². The van der Waals surface area contributed by atoms with Gasteiger partial charge in [-0.15, -0.1) is 0 Å². The minimum Gasteiger partial charge on any atom is -0.465 e. The molecule has 3 aromatic rings. The lowest BCUT2D eigenvalue weighted by Gasteiger charge is -2.20. The molecule has 1 aliphatic rings. The van der Waals surface area contributed by atoms with Crippen LogP contribution in [0.2, 0.25) is 0 Å². The molecule has 35 heavy (non-hydrogen) atoms. The van der Waals surface area contributed by atoms with Crippen molar-refractivity contribution in [2.24, 2.45) is 0 Å². The molecule has 0 fully saturated rings. The third kappa shape index (κ3) is 4.53. The Labute approximate surface area is 204 Å². The molecular weight excluding hydrogens is 474 g/mol. The van der Waals surface area contributed by atoms with E-state index in [-0.39, 0.29) is 34.3 Å². The maximum absolute atomic E-state index is 13.3. The zero-order chi connectivity index (χ0) is 25.5. The molecule has 0 radical (unpaired) electrons. The quantitative estimate of drug-likeness (QED) is 0.415. The van der Waals surface area contributed by atoms with Crippen molar-refractivity contribution < 1.29 is 23.9 Å². The Morgan fingerprint density at radius 2 is 1.89 bits per heavy atom. The summed E-state index contributed by atoms with van der Waals surface area (Å²) in [6.07, 6.45) is 1.47. The van der Waals surface area contributed by atoms with Crippen LogP contribution in [0.1, 0.15) is 53.9 Å². The lowest BCUT2D eigenvalue weighted by atomic mass is 10.1. The number of methoxy groups -OCH3 is 2. The van der Waals surface area contributed by atoms with Gasteiger partial charge in [0.15, 0.2) is 10.8 Å². The van der Waals surface area contributed by atoms with Crippen molar-refractivity contribution >= 4 is 46.3 Å². The van der Waals surface area contributed by atoms with Crippen LogP contribution < -0.4 is 10.9 Å². The average molecular weight is 500 g/mol. The number of rotatable bonds is 5. The number of anilines is 1. The van der Waals surface area contributed by atoms with Crippen LogP contribution >= 0.6 is 11.8 Å². The summed E-state index contributed by atoms with van der Waals surface area (Å²) in [4.78, 5) is 55.0. The molecule has 11 nitrogen and oxygen atoms in total. The Bertz CT molecular complexity index is 1400. The lowest BCUT2D eigenvalue weighted by molar-refractivity contribution is -0.116. The molecule has 0 saturated carbocycles. The number of carbonyl (C=O) groups is 3. The first kappa shape index (κ1) is 24.5. The summed E-state index contributed by atoms with van der Waals surface area (Å²) in [6.45, 7) is 5.93. The second-order valence-electron chi connectivity index (χ2n) is 8.99. The molecule has 4 rings (SSSR count). The van der Waals surface area contributed by atoms with Crippen molar-refractivity contribution in [3.8, 4) is 0 Å². The Balaban J connectivity index is 1.62. The number of amides is 1. The molecule has 0 saturated heterocycles. The minimum absolute atomic E-state index is 0.0381. The van der Waals surface area contributed by atoms with Gasteiger partial charge in [0.1, 0.15) is 5.39 Å². The van der Waals surface area contributed by atoms with Gasteiger partial charge in [0.05, 0.1) is 48.8 Å². The first-order chi connectivity index (χ1) is 16.5. The summed E-state index contributed by atoms with van der Waals surface area (Å²) in [5.74, 6) is -1.24. The van der Waals surface area contributed by atoms with Crippen molar-refractivity contribution in [1.29, 1.82) is 0 Å². The maximum atomic E-state index is 13.3. The molecule has 1 N–H and O–H groups in total. The number of ether oxygens (including phenoxy) is 2. The highest BCUT2D eigenvalue weighted by molar-refractivity contribution is 7.99. The summed E-state index contributed by atoms with van der Waals surface area (Å²) >= 11 is 1.39. The number of aromatic nitrogens is 4. The van der Waals surface area contributed by atoms with E-state index in [1.807, 2.05) is 20.8 Å². The standard InChI is InChI=1S/C23H25N5O6S/c1-23(2,3)28-18-15(10-24-28)19(30)27-13(11-35-22(27)26-18)9-17(29)25-16-8-12(20(31)33-4)6-7-14(16)21(32)34-5/h6-8,10,13H,9,11H2,1-5H3,(H,25,29). The Morgan fingerprint density at radius 3 is 2.54 bits per heavy atom. The van der Waals surface area contributed by atoms with E-state index >= 15 is 0 Å². The molecule has 2 aromatic heterocycles. The molecule has 1 aromatic carbocycles. The Morgan fingerprint density at radius 1 is 1.17 bits per heavy atom. The van der Waals surface area contributed by atoms with Gasteiger partial charge in [0.2, 0.25) is 5.91 Å². The molecule has 1 aliphatic heterocycles. The topological polar surface area (TPSA) is 134 Å². The third-order valence-electron chi connectivity index (χ3n) is 5.55. The highest BCUT2D eigenvalue weighted by Gasteiger charge is 2.31. The van der Waals surface area contributed by atoms with Gasteiger partial charge >= 0.3 is 11.9 Å². The number of hydrogen-bond donors (Lipinski definition) is 1. The van der Waals surface area contributed by atoms with E-state index in [4.69, 9.17) is 9.47 Å². The van der Waals surface area contributed by atoms with E-state index in [9.17, 15) is 19.2 Å². The first-order valence-corrected chi connectivity index (χ1v) is 11.8. The van der Waals surface area contributed by atoms with E-state index in [0.29, 0.717) is 21.9 Å². The Hall–Kier alpha value is -3.67. The van der Waals surface area contributed by atoms with Gasteiger partial charge in [-0.2, -0.15) is 5.10 Å². The number of esters is 2. The number of hydrogen-bond acceptors (Lipinski definition) is 9. The van der Waals surface area contributed by atoms with Gasteiger partial charge < -0.3 is 14.8 Å². The molecule has 1 atom stereocenters. The van der Waals surface area contributed by atoms with Crippen molar-refractivity contribution in [3.05, 3.63) is 45.9 Å². The zero-order valence-electron chi connectivity index (χ0n) is 19.9. The van der Waals surface area contributed by atoms with Gasteiger partial charge in [0.25, 0.3) is 5.56 Å². The Kier molecular flexibility index (Phi) is 6.41. The van der Waals surface area contributed by atoms with Gasteiger partial charge in [-0.25, -0.2) is 19.3 Å². The van der Waals surface area contributed by atoms with Crippen molar-refractivity contribution in [2.75, 3.05) is 25.3 Å². The summed E-state index contributed by atoms with van der Waals surface area (Å²) in [5, 5.41) is 7.93. The van der Waals surface area contributed by atoms with Crippen LogP contribution in [0.5, 0.6) is 0 Å². The summed E-state index contributed by atoms with van der Waals surface area (Å²) in [7, 11) is 2.45. The highest BCUT2D eigenvalue weighted by Crippen LogP contribution is 2.34. The van der Waals surface area contributed by atoms with E-state index in [1.54, 1.807) is 4.68 Å². The summed E-state index contributed by atoms with van der Waals surface area (Å²) in [6, 6.07) is 3.70. The van der Waals surface area contributed by atoms with E-state index in [0.717, 1.165) is 0 Å². The number of thioether (sulfide) groups is 1. The fourth-order valence-electron chi connectivity index (χ4n) is 3.87. The van der Waals surface area contributed by atoms with Crippen molar-refractivity contribution in [2.45, 2.75) is 43.9 Å². The fourth-order valence-corrected chi connectivity index (χ4v) is 5.00. The number of nitrogens with zero attached hydrogens (tertiary/aromatic N) is 4. The first-order valence-electron chi connectivity index (χ1n) is 10.8. The van der Waals surface area contributed by atoms with Gasteiger partial charge in [-0.05, 0) is 39.0 Å². The zero-order valence-corrected chi connectivity index (χ0v) is 20.8. The molecule has 1 unspecified atom stereocenters.